The SMILES string of the molecule is CC(=NN=C1NC(=O)C(CC(=O)NCc2ccccc2)S1)C(C)C. The fourth-order valence-corrected chi connectivity index (χ4v) is 2.78. The molecule has 1 saturated heterocycles. The summed E-state index contributed by atoms with van der Waals surface area (Å²) in [5.41, 5.74) is 1.91. The molecule has 1 aromatic rings. The van der Waals surface area contributed by atoms with Crippen molar-refractivity contribution in [2.75, 3.05) is 0 Å². The lowest BCUT2D eigenvalue weighted by molar-refractivity contribution is -0.125. The van der Waals surface area contributed by atoms with Gasteiger partial charge in [-0.25, -0.2) is 0 Å². The molecule has 7 heteroatoms. The molecule has 0 radical (unpaired) electrons. The molecule has 0 aromatic heterocycles. The van der Waals surface area contributed by atoms with Crippen LogP contribution in [-0.2, 0) is 16.1 Å². The molecule has 2 N–H and O–H groups in total. The van der Waals surface area contributed by atoms with E-state index in [1.54, 1.807) is 0 Å². The average molecular weight is 346 g/mol. The molecular formula is C17H22N4O2S. The van der Waals surface area contributed by atoms with Crippen molar-refractivity contribution in [2.45, 2.75) is 39.0 Å². The van der Waals surface area contributed by atoms with E-state index in [2.05, 4.69) is 20.8 Å². The summed E-state index contributed by atoms with van der Waals surface area (Å²) in [6, 6.07) is 9.65. The second-order valence-corrected chi connectivity index (χ2v) is 7.05. The molecule has 1 fully saturated rings. The van der Waals surface area contributed by atoms with Gasteiger partial charge in [-0.05, 0) is 18.4 Å². The van der Waals surface area contributed by atoms with E-state index >= 15 is 0 Å². The molecule has 24 heavy (non-hydrogen) atoms. The molecule has 1 atom stereocenters. The lowest BCUT2D eigenvalue weighted by Gasteiger charge is -2.07. The summed E-state index contributed by atoms with van der Waals surface area (Å²) in [6.07, 6.45) is 0.120. The van der Waals surface area contributed by atoms with E-state index in [0.29, 0.717) is 17.6 Å². The minimum absolute atomic E-state index is 0.120. The van der Waals surface area contributed by atoms with Crippen molar-refractivity contribution >= 4 is 34.5 Å². The first kappa shape index (κ1) is 18.2. The number of carbonyl (C=O) groups is 2. The van der Waals surface area contributed by atoms with Crippen LogP contribution in [0, 0.1) is 5.92 Å². The van der Waals surface area contributed by atoms with E-state index in [9.17, 15) is 9.59 Å². The molecule has 1 aromatic carbocycles. The largest absolute Gasteiger partial charge is 0.352 e. The number of thioether (sulfide) groups is 1. The first-order valence-electron chi connectivity index (χ1n) is 7.86. The highest BCUT2D eigenvalue weighted by molar-refractivity contribution is 8.15. The van der Waals surface area contributed by atoms with Crippen LogP contribution in [0.15, 0.2) is 40.5 Å². The Morgan fingerprint density at radius 2 is 2.04 bits per heavy atom. The normalized spacial score (nSPS) is 19.7. The summed E-state index contributed by atoms with van der Waals surface area (Å²) in [4.78, 5) is 23.9. The molecule has 1 heterocycles. The first-order chi connectivity index (χ1) is 11.5. The van der Waals surface area contributed by atoms with Gasteiger partial charge in [-0.15, -0.1) is 5.10 Å². The maximum Gasteiger partial charge on any atom is 0.240 e. The van der Waals surface area contributed by atoms with Crippen molar-refractivity contribution in [3.63, 3.8) is 0 Å². The molecular weight excluding hydrogens is 324 g/mol. The van der Waals surface area contributed by atoms with Crippen LogP contribution in [0.5, 0.6) is 0 Å². The van der Waals surface area contributed by atoms with Crippen molar-refractivity contribution in [2.24, 2.45) is 16.1 Å². The van der Waals surface area contributed by atoms with Crippen LogP contribution in [0.4, 0.5) is 0 Å². The Hall–Kier alpha value is -2.15. The number of amides is 2. The summed E-state index contributed by atoms with van der Waals surface area (Å²) in [5.74, 6) is -0.0587. The summed E-state index contributed by atoms with van der Waals surface area (Å²) in [7, 11) is 0. The molecule has 0 saturated carbocycles. The van der Waals surface area contributed by atoms with E-state index < -0.39 is 5.25 Å². The molecule has 2 amide bonds. The van der Waals surface area contributed by atoms with Crippen LogP contribution >= 0.6 is 11.8 Å². The van der Waals surface area contributed by atoms with Crippen molar-refractivity contribution in [1.29, 1.82) is 0 Å². The zero-order valence-electron chi connectivity index (χ0n) is 14.1. The molecule has 128 valence electrons. The lowest BCUT2D eigenvalue weighted by atomic mass is 10.1. The zero-order chi connectivity index (χ0) is 17.5. The maximum absolute atomic E-state index is 12.0. The predicted molar refractivity (Wildman–Crippen MR) is 97.8 cm³/mol. The highest BCUT2D eigenvalue weighted by Crippen LogP contribution is 2.22. The van der Waals surface area contributed by atoms with Gasteiger partial charge in [0.05, 0.1) is 0 Å². The van der Waals surface area contributed by atoms with Gasteiger partial charge in [0.2, 0.25) is 11.8 Å². The summed E-state index contributed by atoms with van der Waals surface area (Å²) in [5, 5.41) is 13.6. The number of hydrogen-bond donors (Lipinski definition) is 2. The van der Waals surface area contributed by atoms with Crippen LogP contribution in [0.3, 0.4) is 0 Å². The van der Waals surface area contributed by atoms with Crippen LogP contribution in [0.25, 0.3) is 0 Å². The van der Waals surface area contributed by atoms with Crippen molar-refractivity contribution in [3.05, 3.63) is 35.9 Å². The van der Waals surface area contributed by atoms with E-state index in [0.717, 1.165) is 11.3 Å². The van der Waals surface area contributed by atoms with E-state index in [1.165, 1.54) is 11.8 Å². The Morgan fingerprint density at radius 1 is 1.33 bits per heavy atom. The molecule has 2 rings (SSSR count). The topological polar surface area (TPSA) is 82.9 Å². The summed E-state index contributed by atoms with van der Waals surface area (Å²) in [6.45, 7) is 6.40. The van der Waals surface area contributed by atoms with Gasteiger partial charge in [0.25, 0.3) is 0 Å². The van der Waals surface area contributed by atoms with Gasteiger partial charge in [-0.1, -0.05) is 55.9 Å². The highest BCUT2D eigenvalue weighted by Gasteiger charge is 2.32. The zero-order valence-corrected chi connectivity index (χ0v) is 14.9. The minimum Gasteiger partial charge on any atom is -0.352 e. The number of nitrogens with one attached hydrogen (secondary N) is 2. The third-order valence-corrected chi connectivity index (χ3v) is 4.69. The second kappa shape index (κ2) is 8.63. The van der Waals surface area contributed by atoms with Gasteiger partial charge in [0.1, 0.15) is 5.25 Å². The smallest absolute Gasteiger partial charge is 0.240 e. The highest BCUT2D eigenvalue weighted by atomic mass is 32.2. The van der Waals surface area contributed by atoms with Crippen molar-refractivity contribution < 1.29 is 9.59 Å². The Balaban J connectivity index is 1.84. The molecule has 1 aliphatic rings. The van der Waals surface area contributed by atoms with E-state index in [-0.39, 0.29) is 18.2 Å². The van der Waals surface area contributed by atoms with Gasteiger partial charge >= 0.3 is 0 Å². The monoisotopic (exact) mass is 346 g/mol. The molecule has 1 unspecified atom stereocenters. The number of nitrogens with zero attached hydrogens (tertiary/aromatic N) is 2. The van der Waals surface area contributed by atoms with Crippen LogP contribution < -0.4 is 10.6 Å². The van der Waals surface area contributed by atoms with E-state index in [1.807, 2.05) is 51.1 Å². The van der Waals surface area contributed by atoms with Crippen molar-refractivity contribution in [1.82, 2.24) is 10.6 Å². The van der Waals surface area contributed by atoms with Crippen LogP contribution in [0.2, 0.25) is 0 Å². The molecule has 1 aliphatic heterocycles. The first-order valence-corrected chi connectivity index (χ1v) is 8.74. The Labute approximate surface area is 146 Å². The molecule has 0 aliphatic carbocycles. The van der Waals surface area contributed by atoms with Gasteiger partial charge in [-0.3, -0.25) is 9.59 Å². The fourth-order valence-electron chi connectivity index (χ4n) is 1.86. The standard InChI is InChI=1S/C17H22N4O2S/c1-11(2)12(3)20-21-17-19-16(23)14(24-17)9-15(22)18-10-13-7-5-4-6-8-13/h4-8,11,14H,9-10H2,1-3H3,(H,18,22)(H,19,21,23). The lowest BCUT2D eigenvalue weighted by Crippen LogP contribution is -2.31. The van der Waals surface area contributed by atoms with Crippen LogP contribution in [0.1, 0.15) is 32.8 Å². The fraction of sp³-hybridized carbons (Fsp3) is 0.412. The van der Waals surface area contributed by atoms with E-state index in [4.69, 9.17) is 0 Å². The number of hydrogen-bond acceptors (Lipinski definition) is 5. The van der Waals surface area contributed by atoms with Gasteiger partial charge in [-0.2, -0.15) is 5.10 Å². The number of benzene rings is 1. The number of rotatable bonds is 6. The Kier molecular flexibility index (Phi) is 6.54. The Morgan fingerprint density at radius 3 is 2.71 bits per heavy atom. The molecule has 6 nitrogen and oxygen atoms in total. The Bertz CT molecular complexity index is 656. The summed E-state index contributed by atoms with van der Waals surface area (Å²) < 4.78 is 0. The van der Waals surface area contributed by atoms with Crippen LogP contribution in [-0.4, -0.2) is 27.9 Å². The third kappa shape index (κ3) is 5.49. The van der Waals surface area contributed by atoms with Crippen molar-refractivity contribution in [3.8, 4) is 0 Å². The van der Waals surface area contributed by atoms with Gasteiger partial charge in [0.15, 0.2) is 5.17 Å². The van der Waals surface area contributed by atoms with Gasteiger partial charge < -0.3 is 10.6 Å². The predicted octanol–water partition coefficient (Wildman–Crippen LogP) is 2.31. The summed E-state index contributed by atoms with van der Waals surface area (Å²) >= 11 is 1.24. The van der Waals surface area contributed by atoms with Gasteiger partial charge in [0, 0.05) is 18.7 Å². The second-order valence-electron chi connectivity index (χ2n) is 5.86. The minimum atomic E-state index is -0.464. The number of amidine groups is 1. The molecule has 0 spiro atoms. The molecule has 0 bridgehead atoms. The number of carbonyl (C=O) groups excluding carboxylic acids is 2. The average Bonchev–Trinajstić information content (AvgIpc) is 2.91. The quantitative estimate of drug-likeness (QED) is 0.612. The third-order valence-electron chi connectivity index (χ3n) is 3.61. The maximum atomic E-state index is 12.0.